The highest BCUT2D eigenvalue weighted by Crippen LogP contribution is 2.24. The lowest BCUT2D eigenvalue weighted by atomic mass is 9.93. The fourth-order valence-electron chi connectivity index (χ4n) is 2.24. The third-order valence-corrected chi connectivity index (χ3v) is 3.44. The van der Waals surface area contributed by atoms with Crippen LogP contribution in [-0.2, 0) is 25.7 Å². The van der Waals surface area contributed by atoms with Gasteiger partial charge in [0.05, 0.1) is 13.2 Å². The number of esters is 2. The molecule has 0 saturated carbocycles. The highest BCUT2D eigenvalue weighted by atomic mass is 16.6. The Kier molecular flexibility index (Phi) is 4.56. The highest BCUT2D eigenvalue weighted by Gasteiger charge is 2.61. The van der Waals surface area contributed by atoms with Gasteiger partial charge in [-0.15, -0.1) is 0 Å². The predicted octanol–water partition coefficient (Wildman–Crippen LogP) is -1.03. The molecule has 114 valence electrons. The second kappa shape index (κ2) is 6.21. The molecule has 0 unspecified atom stereocenters. The van der Waals surface area contributed by atoms with Crippen molar-refractivity contribution in [3.63, 3.8) is 0 Å². The average molecular weight is 295 g/mol. The first-order chi connectivity index (χ1) is 10.0. The fraction of sp³-hybridized carbons (Fsp3) is 0.429. The molecule has 1 aliphatic heterocycles. The van der Waals surface area contributed by atoms with Crippen LogP contribution in [0.5, 0.6) is 0 Å². The number of carbonyl (C=O) groups excluding carboxylic acids is 2. The van der Waals surface area contributed by atoms with Gasteiger partial charge < -0.3 is 19.7 Å². The van der Waals surface area contributed by atoms with Crippen LogP contribution in [0.4, 0.5) is 0 Å². The number of aliphatic hydroxyl groups excluding tert-OH is 2. The summed E-state index contributed by atoms with van der Waals surface area (Å²) in [7, 11) is 1.09. The van der Waals surface area contributed by atoms with E-state index in [1.165, 1.54) is 0 Å². The van der Waals surface area contributed by atoms with Gasteiger partial charge >= 0.3 is 11.9 Å². The third kappa shape index (κ3) is 2.76. The van der Waals surface area contributed by atoms with Crippen LogP contribution in [-0.4, -0.2) is 53.6 Å². The number of hydrogen-bond acceptors (Lipinski definition) is 7. The van der Waals surface area contributed by atoms with Crippen LogP contribution >= 0.6 is 0 Å². The lowest BCUT2D eigenvalue weighted by Gasteiger charge is -2.27. The van der Waals surface area contributed by atoms with E-state index in [2.05, 4.69) is 10.1 Å². The quantitative estimate of drug-likeness (QED) is 0.481. The minimum atomic E-state index is -2.09. The molecule has 0 aliphatic carbocycles. The van der Waals surface area contributed by atoms with Gasteiger partial charge in [-0.3, -0.25) is 5.32 Å². The molecule has 1 aliphatic rings. The fourth-order valence-corrected chi connectivity index (χ4v) is 2.24. The Labute approximate surface area is 121 Å². The number of nitrogens with one attached hydrogen (secondary N) is 1. The van der Waals surface area contributed by atoms with E-state index in [0.29, 0.717) is 0 Å². The average Bonchev–Trinajstić information content (AvgIpc) is 2.82. The van der Waals surface area contributed by atoms with Crippen LogP contribution in [0.25, 0.3) is 0 Å². The summed E-state index contributed by atoms with van der Waals surface area (Å²) in [6, 6.07) is 8.90. The summed E-state index contributed by atoms with van der Waals surface area (Å²) in [6.07, 6.45) is -2.89. The van der Waals surface area contributed by atoms with Gasteiger partial charge in [-0.05, 0) is 5.56 Å². The van der Waals surface area contributed by atoms with Crippen molar-refractivity contribution >= 4 is 11.9 Å². The zero-order valence-electron chi connectivity index (χ0n) is 11.5. The van der Waals surface area contributed by atoms with E-state index in [1.807, 2.05) is 6.07 Å². The van der Waals surface area contributed by atoms with Gasteiger partial charge in [0.15, 0.2) is 0 Å². The van der Waals surface area contributed by atoms with E-state index >= 15 is 0 Å². The van der Waals surface area contributed by atoms with Crippen molar-refractivity contribution < 1.29 is 29.3 Å². The molecule has 1 aromatic rings. The molecule has 21 heavy (non-hydrogen) atoms. The second-order valence-electron chi connectivity index (χ2n) is 4.75. The Morgan fingerprint density at radius 3 is 2.48 bits per heavy atom. The lowest BCUT2D eigenvalue weighted by molar-refractivity contribution is -0.172. The normalized spacial score (nSPS) is 28.1. The monoisotopic (exact) mass is 295 g/mol. The van der Waals surface area contributed by atoms with Crippen molar-refractivity contribution in [3.8, 4) is 0 Å². The van der Waals surface area contributed by atoms with Crippen molar-refractivity contribution in [2.45, 2.75) is 24.4 Å². The van der Waals surface area contributed by atoms with E-state index < -0.39 is 29.7 Å². The zero-order valence-corrected chi connectivity index (χ0v) is 11.5. The maximum Gasteiger partial charge on any atom is 0.341 e. The predicted molar refractivity (Wildman–Crippen MR) is 71.0 cm³/mol. The molecule has 1 heterocycles. The van der Waals surface area contributed by atoms with Crippen LogP contribution in [0.15, 0.2) is 30.3 Å². The number of carbonyl (C=O) groups is 2. The third-order valence-electron chi connectivity index (χ3n) is 3.44. The molecule has 2 rings (SSSR count). The Bertz CT molecular complexity index is 519. The van der Waals surface area contributed by atoms with Crippen LogP contribution in [0.2, 0.25) is 0 Å². The van der Waals surface area contributed by atoms with Gasteiger partial charge in [0, 0.05) is 6.54 Å². The van der Waals surface area contributed by atoms with Crippen molar-refractivity contribution in [3.05, 3.63) is 35.9 Å². The number of β-amino-alcohol motifs (C(OH)–C–C–N with tert-alkyl or cyclic N) is 1. The number of methoxy groups -OCH3 is 1. The van der Waals surface area contributed by atoms with Crippen LogP contribution in [0, 0.1) is 0 Å². The SMILES string of the molecule is COC(=O)[C@@]1(C(=O)OCc2ccccc2)NC[C@@H](O)[C@H]1O. The van der Waals surface area contributed by atoms with Crippen LogP contribution in [0.1, 0.15) is 5.56 Å². The second-order valence-corrected chi connectivity index (χ2v) is 4.75. The minimum Gasteiger partial charge on any atom is -0.467 e. The van der Waals surface area contributed by atoms with Crippen molar-refractivity contribution in [1.82, 2.24) is 5.32 Å². The molecule has 0 spiro atoms. The number of hydrogen-bond donors (Lipinski definition) is 3. The summed E-state index contributed by atoms with van der Waals surface area (Å²) in [4.78, 5) is 24.1. The highest BCUT2D eigenvalue weighted by molar-refractivity contribution is 6.06. The molecule has 3 atom stereocenters. The first-order valence-electron chi connectivity index (χ1n) is 6.43. The molecule has 0 bridgehead atoms. The maximum atomic E-state index is 12.2. The van der Waals surface area contributed by atoms with Gasteiger partial charge in [-0.1, -0.05) is 30.3 Å². The standard InChI is InChI=1S/C14H17NO6/c1-20-12(18)14(11(17)10(16)7-15-14)13(19)21-8-9-5-3-2-4-6-9/h2-6,10-11,15-17H,7-8H2,1H3/t10-,11-,14+/m1/s1. The Morgan fingerprint density at radius 1 is 1.29 bits per heavy atom. The molecule has 1 saturated heterocycles. The van der Waals surface area contributed by atoms with Gasteiger partial charge in [0.2, 0.25) is 5.54 Å². The molecule has 3 N–H and O–H groups in total. The Morgan fingerprint density at radius 2 is 1.95 bits per heavy atom. The lowest BCUT2D eigenvalue weighted by Crippen LogP contribution is -2.62. The summed E-state index contributed by atoms with van der Waals surface area (Å²) in [5.74, 6) is -1.98. The number of rotatable bonds is 4. The molecular weight excluding hydrogens is 278 g/mol. The number of aliphatic hydroxyl groups is 2. The first-order valence-corrected chi connectivity index (χ1v) is 6.43. The molecule has 7 heteroatoms. The van der Waals surface area contributed by atoms with Crippen molar-refractivity contribution in [2.24, 2.45) is 0 Å². The molecule has 0 aromatic heterocycles. The molecule has 0 radical (unpaired) electrons. The van der Waals surface area contributed by atoms with Crippen LogP contribution < -0.4 is 5.32 Å². The van der Waals surface area contributed by atoms with E-state index in [-0.39, 0.29) is 13.2 Å². The smallest absolute Gasteiger partial charge is 0.341 e. The van der Waals surface area contributed by atoms with E-state index in [4.69, 9.17) is 4.74 Å². The van der Waals surface area contributed by atoms with Crippen molar-refractivity contribution in [1.29, 1.82) is 0 Å². The number of ether oxygens (including phenoxy) is 2. The molecule has 1 aromatic carbocycles. The largest absolute Gasteiger partial charge is 0.467 e. The molecule has 1 fully saturated rings. The maximum absolute atomic E-state index is 12.2. The first kappa shape index (κ1) is 15.4. The molecule has 7 nitrogen and oxygen atoms in total. The van der Waals surface area contributed by atoms with Crippen LogP contribution in [0.3, 0.4) is 0 Å². The molecular formula is C14H17NO6. The molecule has 0 amide bonds. The Hall–Kier alpha value is -1.96. The summed E-state index contributed by atoms with van der Waals surface area (Å²) >= 11 is 0. The van der Waals surface area contributed by atoms with E-state index in [9.17, 15) is 19.8 Å². The van der Waals surface area contributed by atoms with E-state index in [1.54, 1.807) is 24.3 Å². The van der Waals surface area contributed by atoms with Gasteiger partial charge in [0.1, 0.15) is 12.7 Å². The van der Waals surface area contributed by atoms with Gasteiger partial charge in [-0.25, -0.2) is 9.59 Å². The summed E-state index contributed by atoms with van der Waals surface area (Å²) < 4.78 is 9.64. The zero-order chi connectivity index (χ0) is 15.5. The van der Waals surface area contributed by atoms with Gasteiger partial charge in [-0.2, -0.15) is 0 Å². The van der Waals surface area contributed by atoms with E-state index in [0.717, 1.165) is 12.7 Å². The van der Waals surface area contributed by atoms with Gasteiger partial charge in [0.25, 0.3) is 0 Å². The summed E-state index contributed by atoms with van der Waals surface area (Å²) in [6.45, 7) is -0.167. The topological polar surface area (TPSA) is 105 Å². The Balaban J connectivity index is 2.14. The minimum absolute atomic E-state index is 0.0527. The summed E-state index contributed by atoms with van der Waals surface area (Å²) in [5, 5.41) is 22.1. The summed E-state index contributed by atoms with van der Waals surface area (Å²) in [5.41, 5.74) is -1.36. The number of benzene rings is 1. The van der Waals surface area contributed by atoms with Crippen molar-refractivity contribution in [2.75, 3.05) is 13.7 Å².